The molecule has 0 saturated carbocycles. The first kappa shape index (κ1) is 19.6. The number of hydrogen-bond acceptors (Lipinski definition) is 5. The van der Waals surface area contributed by atoms with Gasteiger partial charge in [0.1, 0.15) is 5.01 Å². The third-order valence-electron chi connectivity index (χ3n) is 7.75. The van der Waals surface area contributed by atoms with Crippen molar-refractivity contribution in [1.82, 2.24) is 19.8 Å². The zero-order valence-corrected chi connectivity index (χ0v) is 18.8. The number of thiazole rings is 1. The zero-order valence-electron chi connectivity index (χ0n) is 17.9. The van der Waals surface area contributed by atoms with Gasteiger partial charge in [0.25, 0.3) is 0 Å². The molecular formula is C25H30N4OS. The first-order valence-electron chi connectivity index (χ1n) is 11.9. The van der Waals surface area contributed by atoms with Crippen molar-refractivity contribution in [1.29, 1.82) is 0 Å². The number of piperidine rings is 3. The van der Waals surface area contributed by atoms with Crippen molar-refractivity contribution in [3.05, 3.63) is 47.1 Å². The lowest BCUT2D eigenvalue weighted by Crippen LogP contribution is -2.60. The lowest BCUT2D eigenvalue weighted by Gasteiger charge is -2.54. The van der Waals surface area contributed by atoms with Crippen molar-refractivity contribution in [3.63, 3.8) is 0 Å². The fourth-order valence-corrected chi connectivity index (χ4v) is 7.30. The number of pyridine rings is 1. The molecule has 2 aromatic rings. The fourth-order valence-electron chi connectivity index (χ4n) is 6.50. The number of likely N-dealkylation sites (tertiary alicyclic amines) is 1. The SMILES string of the molecule is O=C(Cc1csc(-c2ccccn2)n1)N1CCCC2=CC3CC(CN4CCCC[C@H]34)[C@@H]21. The van der Waals surface area contributed by atoms with Gasteiger partial charge < -0.3 is 4.90 Å². The van der Waals surface area contributed by atoms with Crippen LogP contribution in [-0.2, 0) is 11.2 Å². The number of aromatic nitrogens is 2. The van der Waals surface area contributed by atoms with E-state index >= 15 is 0 Å². The molecule has 2 bridgehead atoms. The van der Waals surface area contributed by atoms with Crippen LogP contribution in [0, 0.1) is 11.8 Å². The molecule has 1 amide bonds. The minimum Gasteiger partial charge on any atom is -0.335 e. The molecule has 0 aromatic carbocycles. The highest BCUT2D eigenvalue weighted by Crippen LogP contribution is 2.45. The molecule has 5 nitrogen and oxygen atoms in total. The molecule has 3 aliphatic heterocycles. The molecule has 4 aliphatic rings. The highest BCUT2D eigenvalue weighted by atomic mass is 32.1. The monoisotopic (exact) mass is 434 g/mol. The summed E-state index contributed by atoms with van der Waals surface area (Å²) in [6.07, 6.45) is 12.4. The van der Waals surface area contributed by atoms with Crippen molar-refractivity contribution >= 4 is 17.2 Å². The van der Waals surface area contributed by atoms with Crippen molar-refractivity contribution in [2.45, 2.75) is 57.0 Å². The van der Waals surface area contributed by atoms with Crippen LogP contribution in [0.5, 0.6) is 0 Å². The van der Waals surface area contributed by atoms with Crippen LogP contribution in [0.2, 0.25) is 0 Å². The minimum atomic E-state index is 0.243. The number of nitrogens with zero attached hydrogens (tertiary/aromatic N) is 4. The Morgan fingerprint density at radius 1 is 1.19 bits per heavy atom. The van der Waals surface area contributed by atoms with E-state index in [0.29, 0.717) is 24.3 Å². The second-order valence-electron chi connectivity index (χ2n) is 9.63. The van der Waals surface area contributed by atoms with E-state index in [4.69, 9.17) is 4.98 Å². The Labute approximate surface area is 188 Å². The molecule has 0 N–H and O–H groups in total. The van der Waals surface area contributed by atoms with Crippen molar-refractivity contribution < 1.29 is 4.79 Å². The normalized spacial score (nSPS) is 30.3. The molecular weight excluding hydrogens is 404 g/mol. The van der Waals surface area contributed by atoms with E-state index in [1.165, 1.54) is 45.2 Å². The maximum atomic E-state index is 13.4. The van der Waals surface area contributed by atoms with E-state index in [2.05, 4.69) is 20.9 Å². The van der Waals surface area contributed by atoms with E-state index in [1.54, 1.807) is 23.1 Å². The van der Waals surface area contributed by atoms with Crippen LogP contribution in [0.25, 0.3) is 10.7 Å². The summed E-state index contributed by atoms with van der Waals surface area (Å²) in [6, 6.07) is 6.93. The molecule has 3 saturated heterocycles. The number of amides is 1. The van der Waals surface area contributed by atoms with E-state index in [0.717, 1.165) is 35.4 Å². The van der Waals surface area contributed by atoms with Gasteiger partial charge in [0, 0.05) is 30.7 Å². The van der Waals surface area contributed by atoms with Crippen LogP contribution < -0.4 is 0 Å². The third-order valence-corrected chi connectivity index (χ3v) is 8.66. The first-order chi connectivity index (χ1) is 15.3. The lowest BCUT2D eigenvalue weighted by atomic mass is 9.68. The molecule has 0 radical (unpaired) electrons. The number of fused-ring (bicyclic) bond motifs is 6. The Morgan fingerprint density at radius 2 is 2.16 bits per heavy atom. The number of rotatable bonds is 3. The van der Waals surface area contributed by atoms with Gasteiger partial charge in [0.2, 0.25) is 5.91 Å². The molecule has 1 aliphatic carbocycles. The summed E-state index contributed by atoms with van der Waals surface area (Å²) >= 11 is 1.58. The van der Waals surface area contributed by atoms with E-state index in [9.17, 15) is 4.79 Å². The van der Waals surface area contributed by atoms with Gasteiger partial charge >= 0.3 is 0 Å². The van der Waals surface area contributed by atoms with E-state index < -0.39 is 0 Å². The van der Waals surface area contributed by atoms with Crippen LogP contribution in [0.15, 0.2) is 41.4 Å². The smallest absolute Gasteiger partial charge is 0.229 e. The molecule has 6 rings (SSSR count). The maximum Gasteiger partial charge on any atom is 0.229 e. The molecule has 6 heteroatoms. The molecule has 5 heterocycles. The van der Waals surface area contributed by atoms with Gasteiger partial charge in [-0.05, 0) is 62.6 Å². The van der Waals surface area contributed by atoms with E-state index in [-0.39, 0.29) is 5.91 Å². The summed E-state index contributed by atoms with van der Waals surface area (Å²) in [5.41, 5.74) is 3.31. The fraction of sp³-hybridized carbons (Fsp3) is 0.560. The van der Waals surface area contributed by atoms with Gasteiger partial charge in [-0.25, -0.2) is 4.98 Å². The van der Waals surface area contributed by atoms with Gasteiger partial charge in [-0.2, -0.15) is 0 Å². The lowest BCUT2D eigenvalue weighted by molar-refractivity contribution is -0.135. The standard InChI is InChI=1S/C25H30N4OS/c30-23(14-20-16-31-25(27-20)21-7-1-3-9-26-21)29-11-5-6-17-12-18-13-19(24(17)29)15-28-10-4-2-8-22(18)28/h1,3,7,9,12,16,18-19,22,24H,2,4-6,8,10-11,13-15H2/t18?,19?,22-,24-/m1/s1. The zero-order chi connectivity index (χ0) is 20.8. The van der Waals surface area contributed by atoms with E-state index in [1.807, 2.05) is 23.6 Å². The summed E-state index contributed by atoms with van der Waals surface area (Å²) in [5.74, 6) is 1.55. The molecule has 2 unspecified atom stereocenters. The summed E-state index contributed by atoms with van der Waals surface area (Å²) in [7, 11) is 0. The predicted octanol–water partition coefficient (Wildman–Crippen LogP) is 4.17. The highest BCUT2D eigenvalue weighted by molar-refractivity contribution is 7.13. The number of carbonyl (C=O) groups is 1. The van der Waals surface area contributed by atoms with Crippen LogP contribution in [0.1, 0.15) is 44.2 Å². The molecule has 3 fully saturated rings. The van der Waals surface area contributed by atoms with Gasteiger partial charge in [0.15, 0.2) is 0 Å². The minimum absolute atomic E-state index is 0.243. The van der Waals surface area contributed by atoms with Gasteiger partial charge in [-0.1, -0.05) is 24.1 Å². The largest absolute Gasteiger partial charge is 0.335 e. The summed E-state index contributed by atoms with van der Waals surface area (Å²) in [5, 5.41) is 2.92. The van der Waals surface area contributed by atoms with Gasteiger partial charge in [-0.15, -0.1) is 11.3 Å². The summed E-state index contributed by atoms with van der Waals surface area (Å²) in [4.78, 5) is 27.5. The van der Waals surface area contributed by atoms with Crippen molar-refractivity contribution in [2.75, 3.05) is 19.6 Å². The second-order valence-corrected chi connectivity index (χ2v) is 10.5. The Balaban J connectivity index is 1.21. The highest BCUT2D eigenvalue weighted by Gasteiger charge is 2.46. The van der Waals surface area contributed by atoms with Crippen LogP contribution in [-0.4, -0.2) is 57.4 Å². The molecule has 2 aromatic heterocycles. The second kappa shape index (κ2) is 8.14. The van der Waals surface area contributed by atoms with Crippen molar-refractivity contribution in [2.24, 2.45) is 11.8 Å². The summed E-state index contributed by atoms with van der Waals surface area (Å²) in [6.45, 7) is 3.31. The van der Waals surface area contributed by atoms with Crippen LogP contribution >= 0.6 is 11.3 Å². The third kappa shape index (κ3) is 3.64. The predicted molar refractivity (Wildman–Crippen MR) is 123 cm³/mol. The number of hydrogen-bond donors (Lipinski definition) is 0. The maximum absolute atomic E-state index is 13.4. The van der Waals surface area contributed by atoms with Crippen LogP contribution in [0.4, 0.5) is 0 Å². The number of carbonyl (C=O) groups excluding carboxylic acids is 1. The van der Waals surface area contributed by atoms with Gasteiger partial charge in [-0.3, -0.25) is 14.7 Å². The van der Waals surface area contributed by atoms with Crippen LogP contribution in [0.3, 0.4) is 0 Å². The Kier molecular flexibility index (Phi) is 5.15. The topological polar surface area (TPSA) is 49.3 Å². The quantitative estimate of drug-likeness (QED) is 0.681. The molecule has 31 heavy (non-hydrogen) atoms. The Hall–Kier alpha value is -2.05. The first-order valence-corrected chi connectivity index (χ1v) is 12.7. The average Bonchev–Trinajstić information content (AvgIpc) is 3.28. The molecule has 0 spiro atoms. The van der Waals surface area contributed by atoms with Crippen molar-refractivity contribution in [3.8, 4) is 10.7 Å². The average molecular weight is 435 g/mol. The Morgan fingerprint density at radius 3 is 3.06 bits per heavy atom. The Bertz CT molecular complexity index is 986. The molecule has 4 atom stereocenters. The molecule has 162 valence electrons. The summed E-state index contributed by atoms with van der Waals surface area (Å²) < 4.78 is 0. The van der Waals surface area contributed by atoms with Gasteiger partial charge in [0.05, 0.1) is 23.9 Å².